The first-order valence-corrected chi connectivity index (χ1v) is 4.63. The van der Waals surface area contributed by atoms with Gasteiger partial charge >= 0.3 is 0 Å². The molecule has 13 heavy (non-hydrogen) atoms. The molecule has 0 aromatic carbocycles. The highest BCUT2D eigenvalue weighted by atomic mass is 16.5. The molecule has 4 heteroatoms. The fraction of sp³-hybridized carbons (Fsp3) is 0.889. The maximum absolute atomic E-state index is 10.8. The highest BCUT2D eigenvalue weighted by Gasteiger charge is 2.26. The number of amides is 1. The lowest BCUT2D eigenvalue weighted by molar-refractivity contribution is -0.120. The van der Waals surface area contributed by atoms with Gasteiger partial charge in [-0.05, 0) is 32.6 Å². The standard InChI is InChI=1S/C9H15NO3/c1-6-3-8(4-7(2)13-6)5-9(11)10-12/h6-8H,3-5H2,1-2H3/t6-,7+,8?. The molecule has 0 saturated carbocycles. The second kappa shape index (κ2) is 4.46. The molecule has 1 saturated heterocycles. The summed E-state index contributed by atoms with van der Waals surface area (Å²) in [5.41, 5.74) is 0. The lowest BCUT2D eigenvalue weighted by atomic mass is 9.90. The number of ether oxygens (including phenoxy) is 1. The molecular formula is C9H15NO3. The van der Waals surface area contributed by atoms with Gasteiger partial charge in [0.15, 0.2) is 0 Å². The second-order valence-corrected chi connectivity index (χ2v) is 3.78. The van der Waals surface area contributed by atoms with Crippen LogP contribution in [0, 0.1) is 10.8 Å². The van der Waals surface area contributed by atoms with Crippen LogP contribution in [0.3, 0.4) is 0 Å². The van der Waals surface area contributed by atoms with E-state index in [4.69, 9.17) is 4.74 Å². The third kappa shape index (κ3) is 3.22. The van der Waals surface area contributed by atoms with Crippen molar-refractivity contribution in [2.24, 2.45) is 11.1 Å². The van der Waals surface area contributed by atoms with E-state index < -0.39 is 5.91 Å². The molecule has 1 aliphatic heterocycles. The largest absolute Gasteiger partial charge is 0.376 e. The highest BCUT2D eigenvalue weighted by Crippen LogP contribution is 2.27. The zero-order valence-corrected chi connectivity index (χ0v) is 8.03. The minimum absolute atomic E-state index is 0.188. The van der Waals surface area contributed by atoms with Gasteiger partial charge in [0.1, 0.15) is 0 Å². The van der Waals surface area contributed by atoms with Crippen LogP contribution in [0.5, 0.6) is 0 Å². The van der Waals surface area contributed by atoms with E-state index in [1.54, 1.807) is 0 Å². The van der Waals surface area contributed by atoms with Gasteiger partial charge in [-0.1, -0.05) is 0 Å². The van der Waals surface area contributed by atoms with Crippen molar-refractivity contribution < 1.29 is 9.53 Å². The average Bonchev–Trinajstić information content (AvgIpc) is 2.02. The molecular weight excluding hydrogens is 170 g/mol. The number of carbonyl (C=O) groups excluding carboxylic acids is 1. The van der Waals surface area contributed by atoms with Gasteiger partial charge in [-0.3, -0.25) is 4.79 Å². The third-order valence-electron chi connectivity index (χ3n) is 2.36. The molecule has 0 spiro atoms. The van der Waals surface area contributed by atoms with Crippen LogP contribution in [-0.2, 0) is 9.53 Å². The zero-order chi connectivity index (χ0) is 9.84. The molecule has 74 valence electrons. The van der Waals surface area contributed by atoms with Gasteiger partial charge in [-0.2, -0.15) is 0 Å². The predicted molar refractivity (Wildman–Crippen MR) is 48.2 cm³/mol. The van der Waals surface area contributed by atoms with Crippen molar-refractivity contribution >= 4 is 5.91 Å². The Labute approximate surface area is 77.6 Å². The van der Waals surface area contributed by atoms with E-state index in [9.17, 15) is 9.70 Å². The molecule has 1 heterocycles. The fourth-order valence-electron chi connectivity index (χ4n) is 1.99. The highest BCUT2D eigenvalue weighted by molar-refractivity contribution is 5.76. The van der Waals surface area contributed by atoms with Crippen molar-refractivity contribution in [3.8, 4) is 0 Å². The van der Waals surface area contributed by atoms with Crippen molar-refractivity contribution in [3.05, 3.63) is 4.91 Å². The summed E-state index contributed by atoms with van der Waals surface area (Å²) in [5.74, 6) is -0.268. The van der Waals surface area contributed by atoms with E-state index in [-0.39, 0.29) is 24.5 Å². The summed E-state index contributed by atoms with van der Waals surface area (Å²) in [5, 5.41) is 2.40. The first kappa shape index (κ1) is 10.3. The summed E-state index contributed by atoms with van der Waals surface area (Å²) in [6.07, 6.45) is 2.36. The van der Waals surface area contributed by atoms with Gasteiger partial charge in [0.2, 0.25) is 0 Å². The Morgan fingerprint density at radius 1 is 1.38 bits per heavy atom. The Morgan fingerprint density at radius 3 is 2.38 bits per heavy atom. The molecule has 1 fully saturated rings. The van der Waals surface area contributed by atoms with E-state index in [1.807, 2.05) is 13.8 Å². The van der Waals surface area contributed by atoms with Gasteiger partial charge in [-0.25, -0.2) is 0 Å². The summed E-state index contributed by atoms with van der Waals surface area (Å²) < 4.78 is 5.51. The van der Waals surface area contributed by atoms with Crippen LogP contribution < -0.4 is 0 Å². The van der Waals surface area contributed by atoms with E-state index in [0.717, 1.165) is 12.8 Å². The van der Waals surface area contributed by atoms with Crippen LogP contribution >= 0.6 is 0 Å². The first-order chi connectivity index (χ1) is 6.11. The number of hydrogen-bond donors (Lipinski definition) is 0. The molecule has 0 aliphatic carbocycles. The summed E-state index contributed by atoms with van der Waals surface area (Å²) in [7, 11) is 0. The van der Waals surface area contributed by atoms with E-state index in [1.165, 1.54) is 0 Å². The SMILES string of the molecule is C[C@@H]1CC(CC(=O)N=O)C[C@H](C)O1. The van der Waals surface area contributed by atoms with Crippen molar-refractivity contribution in [2.75, 3.05) is 0 Å². The van der Waals surface area contributed by atoms with Crippen LogP contribution in [0.2, 0.25) is 0 Å². The Morgan fingerprint density at radius 2 is 1.92 bits per heavy atom. The Bertz CT molecular complexity index is 195. The summed E-state index contributed by atoms with van der Waals surface area (Å²) in [6, 6.07) is 0. The van der Waals surface area contributed by atoms with Gasteiger partial charge in [0.05, 0.1) is 12.2 Å². The molecule has 1 amide bonds. The zero-order valence-electron chi connectivity index (χ0n) is 8.03. The third-order valence-corrected chi connectivity index (χ3v) is 2.36. The summed E-state index contributed by atoms with van der Waals surface area (Å²) in [4.78, 5) is 20.7. The van der Waals surface area contributed by atoms with Gasteiger partial charge in [0.25, 0.3) is 5.91 Å². The first-order valence-electron chi connectivity index (χ1n) is 4.63. The Hall–Kier alpha value is -0.770. The molecule has 0 aromatic rings. The van der Waals surface area contributed by atoms with Crippen LogP contribution in [0.25, 0.3) is 0 Å². The molecule has 1 aliphatic rings. The Kier molecular flexibility index (Phi) is 3.54. The van der Waals surface area contributed by atoms with Gasteiger partial charge in [-0.15, -0.1) is 4.91 Å². The van der Waals surface area contributed by atoms with Crippen molar-refractivity contribution in [2.45, 2.75) is 45.3 Å². The van der Waals surface area contributed by atoms with Gasteiger partial charge < -0.3 is 4.74 Å². The molecule has 0 N–H and O–H groups in total. The van der Waals surface area contributed by atoms with E-state index in [0.29, 0.717) is 0 Å². The average molecular weight is 185 g/mol. The maximum atomic E-state index is 10.8. The molecule has 3 atom stereocenters. The second-order valence-electron chi connectivity index (χ2n) is 3.78. The van der Waals surface area contributed by atoms with Crippen molar-refractivity contribution in [1.82, 2.24) is 0 Å². The Balaban J connectivity index is 2.41. The van der Waals surface area contributed by atoms with Crippen LogP contribution in [0.1, 0.15) is 33.1 Å². The quantitative estimate of drug-likeness (QED) is 0.617. The topological polar surface area (TPSA) is 55.7 Å². The predicted octanol–water partition coefficient (Wildman–Crippen LogP) is 1.87. The molecule has 0 bridgehead atoms. The smallest absolute Gasteiger partial charge is 0.286 e. The lowest BCUT2D eigenvalue weighted by Gasteiger charge is -2.31. The van der Waals surface area contributed by atoms with Crippen molar-refractivity contribution in [3.63, 3.8) is 0 Å². The molecule has 1 unspecified atom stereocenters. The van der Waals surface area contributed by atoms with Gasteiger partial charge in [0, 0.05) is 11.6 Å². The number of hydrogen-bond acceptors (Lipinski definition) is 3. The molecule has 1 rings (SSSR count). The fourth-order valence-corrected chi connectivity index (χ4v) is 1.99. The van der Waals surface area contributed by atoms with E-state index >= 15 is 0 Å². The van der Waals surface area contributed by atoms with Crippen LogP contribution in [-0.4, -0.2) is 18.1 Å². The van der Waals surface area contributed by atoms with Crippen LogP contribution in [0.15, 0.2) is 5.18 Å². The molecule has 0 aromatic heterocycles. The minimum Gasteiger partial charge on any atom is -0.376 e. The number of carbonyl (C=O) groups is 1. The maximum Gasteiger partial charge on any atom is 0.286 e. The molecule has 4 nitrogen and oxygen atoms in total. The number of rotatable bonds is 2. The molecule has 0 radical (unpaired) electrons. The van der Waals surface area contributed by atoms with Crippen molar-refractivity contribution in [1.29, 1.82) is 0 Å². The number of nitroso groups, excluding NO2 is 1. The summed E-state index contributed by atoms with van der Waals surface area (Å²) in [6.45, 7) is 3.98. The van der Waals surface area contributed by atoms with E-state index in [2.05, 4.69) is 5.18 Å². The number of nitrogens with zero attached hydrogens (tertiary/aromatic N) is 1. The lowest BCUT2D eigenvalue weighted by Crippen LogP contribution is -2.30. The summed E-state index contributed by atoms with van der Waals surface area (Å²) >= 11 is 0. The van der Waals surface area contributed by atoms with Crippen LogP contribution in [0.4, 0.5) is 0 Å². The monoisotopic (exact) mass is 185 g/mol. The normalized spacial score (nSPS) is 34.2. The minimum atomic E-state index is -0.536.